The van der Waals surface area contributed by atoms with Crippen LogP contribution in [0, 0.1) is 0 Å². The van der Waals surface area contributed by atoms with Gasteiger partial charge < -0.3 is 24.0 Å². The molecule has 33 heavy (non-hydrogen) atoms. The molecule has 0 aliphatic carbocycles. The van der Waals surface area contributed by atoms with Crippen LogP contribution < -0.4 is 15.4 Å². The topological polar surface area (TPSA) is 108 Å². The molecule has 0 fully saturated rings. The summed E-state index contributed by atoms with van der Waals surface area (Å²) in [4.78, 5) is 20.7. The van der Waals surface area contributed by atoms with Crippen LogP contribution in [-0.4, -0.2) is 34.8 Å². The lowest BCUT2D eigenvalue weighted by atomic mass is 10.0. The van der Waals surface area contributed by atoms with Crippen LogP contribution in [0.15, 0.2) is 54.2 Å². The minimum atomic E-state index is -0.830. The number of hydrogen-bond acceptors (Lipinski definition) is 6. The number of aryl methyl sites for hydroxylation is 2. The van der Waals surface area contributed by atoms with Crippen molar-refractivity contribution in [3.05, 3.63) is 65.9 Å². The smallest absolute Gasteiger partial charge is 0.303 e. The predicted molar refractivity (Wildman–Crippen MR) is 128 cm³/mol. The van der Waals surface area contributed by atoms with E-state index >= 15 is 0 Å². The Balaban J connectivity index is 2.00. The molecule has 0 saturated heterocycles. The SMILES string of the molecule is C=C(N=C(ON)c1ccc(OCC)c(OCC)c1)c1cccc2c(CCC(=O)O)cn(C)c12. The van der Waals surface area contributed by atoms with Crippen molar-refractivity contribution in [1.29, 1.82) is 0 Å². The molecule has 8 nitrogen and oxygen atoms in total. The normalized spacial score (nSPS) is 11.5. The first-order valence-electron chi connectivity index (χ1n) is 10.7. The molecule has 0 bridgehead atoms. The largest absolute Gasteiger partial charge is 0.490 e. The van der Waals surface area contributed by atoms with Crippen molar-refractivity contribution in [3.8, 4) is 11.5 Å². The summed E-state index contributed by atoms with van der Waals surface area (Å²) < 4.78 is 13.3. The van der Waals surface area contributed by atoms with E-state index in [0.717, 1.165) is 22.0 Å². The second-order valence-electron chi connectivity index (χ2n) is 7.37. The molecule has 3 N–H and O–H groups in total. The number of carboxylic acid groups (broad SMARTS) is 1. The quantitative estimate of drug-likeness (QED) is 0.270. The zero-order valence-corrected chi connectivity index (χ0v) is 19.1. The lowest BCUT2D eigenvalue weighted by Gasteiger charge is -2.13. The predicted octanol–water partition coefficient (Wildman–Crippen LogP) is 4.30. The number of benzene rings is 2. The van der Waals surface area contributed by atoms with E-state index in [4.69, 9.17) is 25.3 Å². The van der Waals surface area contributed by atoms with Crippen LogP contribution in [-0.2, 0) is 23.1 Å². The van der Waals surface area contributed by atoms with Crippen molar-refractivity contribution >= 4 is 28.5 Å². The van der Waals surface area contributed by atoms with Gasteiger partial charge in [0.2, 0.25) is 5.90 Å². The van der Waals surface area contributed by atoms with E-state index in [2.05, 4.69) is 11.6 Å². The number of carbonyl (C=O) groups is 1. The van der Waals surface area contributed by atoms with E-state index in [1.165, 1.54) is 0 Å². The van der Waals surface area contributed by atoms with E-state index in [-0.39, 0.29) is 12.3 Å². The Labute approximate surface area is 192 Å². The molecule has 8 heteroatoms. The molecule has 1 heterocycles. The third-order valence-corrected chi connectivity index (χ3v) is 5.14. The average Bonchev–Trinajstić information content (AvgIpc) is 3.13. The van der Waals surface area contributed by atoms with Gasteiger partial charge in [-0.15, -0.1) is 0 Å². The average molecular weight is 452 g/mol. The number of ether oxygens (including phenoxy) is 2. The molecule has 174 valence electrons. The number of nitrogens with two attached hydrogens (primary N) is 1. The summed E-state index contributed by atoms with van der Waals surface area (Å²) in [7, 11) is 1.91. The van der Waals surface area contributed by atoms with Gasteiger partial charge in [0, 0.05) is 36.2 Å². The molecule has 0 radical (unpaired) electrons. The first-order valence-corrected chi connectivity index (χ1v) is 10.7. The number of aliphatic carboxylic acids is 1. The third-order valence-electron chi connectivity index (χ3n) is 5.14. The Morgan fingerprint density at radius 1 is 1.15 bits per heavy atom. The van der Waals surface area contributed by atoms with Gasteiger partial charge in [0.15, 0.2) is 11.5 Å². The van der Waals surface area contributed by atoms with Gasteiger partial charge in [-0.25, -0.2) is 4.99 Å². The summed E-state index contributed by atoms with van der Waals surface area (Å²) in [6.45, 7) is 8.92. The van der Waals surface area contributed by atoms with Crippen LogP contribution in [0.1, 0.15) is 37.0 Å². The van der Waals surface area contributed by atoms with Crippen LogP contribution in [0.2, 0.25) is 0 Å². The fourth-order valence-corrected chi connectivity index (χ4v) is 3.75. The minimum absolute atomic E-state index is 0.0630. The summed E-state index contributed by atoms with van der Waals surface area (Å²) >= 11 is 0. The highest BCUT2D eigenvalue weighted by molar-refractivity contribution is 6.00. The first-order chi connectivity index (χ1) is 15.9. The van der Waals surface area contributed by atoms with Crippen molar-refractivity contribution in [2.75, 3.05) is 13.2 Å². The van der Waals surface area contributed by atoms with Crippen LogP contribution in [0.5, 0.6) is 11.5 Å². The van der Waals surface area contributed by atoms with Crippen molar-refractivity contribution < 1.29 is 24.2 Å². The molecular weight excluding hydrogens is 422 g/mol. The number of para-hydroxylation sites is 1. The number of aromatic nitrogens is 1. The second-order valence-corrected chi connectivity index (χ2v) is 7.37. The minimum Gasteiger partial charge on any atom is -0.490 e. The van der Waals surface area contributed by atoms with Crippen molar-refractivity contribution in [2.24, 2.45) is 17.9 Å². The van der Waals surface area contributed by atoms with Gasteiger partial charge >= 0.3 is 5.97 Å². The molecule has 0 aliphatic rings. The van der Waals surface area contributed by atoms with E-state index < -0.39 is 5.97 Å². The zero-order valence-electron chi connectivity index (χ0n) is 19.1. The number of rotatable bonds is 10. The van der Waals surface area contributed by atoms with Crippen LogP contribution >= 0.6 is 0 Å². The second kappa shape index (κ2) is 10.7. The van der Waals surface area contributed by atoms with E-state index in [9.17, 15) is 4.79 Å². The maximum Gasteiger partial charge on any atom is 0.303 e. The Morgan fingerprint density at radius 3 is 2.55 bits per heavy atom. The van der Waals surface area contributed by atoms with Gasteiger partial charge in [-0.3, -0.25) is 4.79 Å². The monoisotopic (exact) mass is 451 g/mol. The summed E-state index contributed by atoms with van der Waals surface area (Å²) in [5, 5.41) is 10.0. The lowest BCUT2D eigenvalue weighted by molar-refractivity contribution is -0.136. The molecule has 0 amide bonds. The zero-order chi connectivity index (χ0) is 24.0. The highest BCUT2D eigenvalue weighted by Gasteiger charge is 2.16. The van der Waals surface area contributed by atoms with Gasteiger partial charge in [0.1, 0.15) is 0 Å². The maximum absolute atomic E-state index is 11.0. The van der Waals surface area contributed by atoms with Crippen molar-refractivity contribution in [1.82, 2.24) is 4.57 Å². The Kier molecular flexibility index (Phi) is 7.74. The summed E-state index contributed by atoms with van der Waals surface area (Å²) in [5.74, 6) is 6.11. The molecule has 3 aromatic rings. The molecule has 3 rings (SSSR count). The van der Waals surface area contributed by atoms with Gasteiger partial charge in [-0.2, -0.15) is 5.90 Å². The van der Waals surface area contributed by atoms with Crippen molar-refractivity contribution in [2.45, 2.75) is 26.7 Å². The Hall–Kier alpha value is -3.78. The summed E-state index contributed by atoms with van der Waals surface area (Å²) in [5.41, 5.74) is 3.73. The first kappa shape index (κ1) is 23.9. The third kappa shape index (κ3) is 5.35. The number of nitrogens with zero attached hydrogens (tertiary/aromatic N) is 2. The number of carboxylic acids is 1. The fourth-order valence-electron chi connectivity index (χ4n) is 3.75. The molecule has 0 saturated carbocycles. The lowest BCUT2D eigenvalue weighted by Crippen LogP contribution is -2.13. The van der Waals surface area contributed by atoms with E-state index in [1.54, 1.807) is 18.2 Å². The molecule has 0 aliphatic heterocycles. The molecule has 2 aromatic carbocycles. The van der Waals surface area contributed by atoms with Gasteiger partial charge in [0.25, 0.3) is 0 Å². The van der Waals surface area contributed by atoms with E-state index in [1.807, 2.05) is 49.9 Å². The Bertz CT molecular complexity index is 1200. The van der Waals surface area contributed by atoms with Crippen molar-refractivity contribution in [3.63, 3.8) is 0 Å². The van der Waals surface area contributed by atoms with Gasteiger partial charge in [0.05, 0.1) is 24.4 Å². The highest BCUT2D eigenvalue weighted by Crippen LogP contribution is 2.31. The number of aliphatic imine (C=N–C) groups is 1. The molecular formula is C25H29N3O5. The van der Waals surface area contributed by atoms with Gasteiger partial charge in [-0.1, -0.05) is 24.8 Å². The van der Waals surface area contributed by atoms with Crippen LogP contribution in [0.4, 0.5) is 0 Å². The van der Waals surface area contributed by atoms with Crippen LogP contribution in [0.25, 0.3) is 16.6 Å². The summed E-state index contributed by atoms with van der Waals surface area (Å²) in [6, 6.07) is 11.1. The molecule has 1 aromatic heterocycles. The summed E-state index contributed by atoms with van der Waals surface area (Å²) in [6.07, 6.45) is 2.44. The standard InChI is InChI=1S/C25H29N3O5/c1-5-31-21-12-10-17(14-22(21)32-6-2)25(33-26)27-16(3)19-8-7-9-20-18(11-13-23(29)30)15-28(4)24(19)20/h7-10,12,14-15H,3,5-6,11,13,26H2,1-2,4H3,(H,29,30). The fraction of sp³-hybridized carbons (Fsp3) is 0.280. The van der Waals surface area contributed by atoms with E-state index in [0.29, 0.717) is 42.4 Å². The van der Waals surface area contributed by atoms with Crippen LogP contribution in [0.3, 0.4) is 0 Å². The molecule has 0 spiro atoms. The van der Waals surface area contributed by atoms with Gasteiger partial charge in [-0.05, 0) is 44.0 Å². The Morgan fingerprint density at radius 2 is 1.88 bits per heavy atom. The number of hydrogen-bond donors (Lipinski definition) is 2. The molecule has 0 atom stereocenters. The maximum atomic E-state index is 11.0. The number of fused-ring (bicyclic) bond motifs is 1. The molecule has 0 unspecified atom stereocenters. The highest BCUT2D eigenvalue weighted by atomic mass is 16.6.